The Morgan fingerprint density at radius 3 is 1.37 bits per heavy atom. The molecule has 4 aromatic heterocycles. The highest BCUT2D eigenvalue weighted by Gasteiger charge is 2.39. The van der Waals surface area contributed by atoms with Gasteiger partial charge in [-0.15, -0.1) is 35.1 Å². The van der Waals surface area contributed by atoms with Gasteiger partial charge in [-0.2, -0.15) is 13.2 Å². The molecule has 0 spiro atoms. The van der Waals surface area contributed by atoms with E-state index in [0.29, 0.717) is 79.7 Å². The number of alkyl halides is 3. The highest BCUT2D eigenvalue weighted by Crippen LogP contribution is 2.33. The van der Waals surface area contributed by atoms with Gasteiger partial charge in [0.15, 0.2) is 0 Å². The maximum atomic E-state index is 13.0. The van der Waals surface area contributed by atoms with Crippen LogP contribution in [0, 0.1) is 0 Å². The molecule has 2 aromatic carbocycles. The Bertz CT molecular complexity index is 3060. The third-order valence-corrected chi connectivity index (χ3v) is 12.8. The molecule has 7 amide bonds. The Morgan fingerprint density at radius 1 is 0.605 bits per heavy atom. The number of halogens is 7. The van der Waals surface area contributed by atoms with Crippen molar-refractivity contribution in [2.45, 2.75) is 39.3 Å². The van der Waals surface area contributed by atoms with Gasteiger partial charge in [0.05, 0.1) is 52.1 Å². The summed E-state index contributed by atoms with van der Waals surface area (Å²) in [5, 5.41) is 14.9. The molecule has 0 radical (unpaired) electrons. The molecule has 2 aliphatic heterocycles. The van der Waals surface area contributed by atoms with Gasteiger partial charge in [0, 0.05) is 55.5 Å². The quantitative estimate of drug-likeness (QED) is 0.0364. The van der Waals surface area contributed by atoms with E-state index in [0.717, 1.165) is 29.1 Å². The number of thiophene rings is 2. The van der Waals surface area contributed by atoms with Gasteiger partial charge in [-0.25, -0.2) is 4.79 Å². The maximum absolute atomic E-state index is 13.0. The summed E-state index contributed by atoms with van der Waals surface area (Å²) in [4.78, 5) is 118. The number of imide groups is 2. The third-order valence-electron chi connectivity index (χ3n) is 10.1. The molecule has 6 N–H and O–H groups in total. The summed E-state index contributed by atoms with van der Waals surface area (Å²) in [5.41, 5.74) is 8.05. The predicted octanol–water partition coefficient (Wildman–Crippen LogP) is 10.00. The molecule has 402 valence electrons. The second-order valence-electron chi connectivity index (χ2n) is 15.1. The van der Waals surface area contributed by atoms with Crippen molar-refractivity contribution >= 4 is 134 Å². The fourth-order valence-electron chi connectivity index (χ4n) is 6.62. The van der Waals surface area contributed by atoms with Crippen LogP contribution in [0.3, 0.4) is 0 Å². The van der Waals surface area contributed by atoms with E-state index in [1.165, 1.54) is 22.2 Å². The SMILES string of the molecule is C.Cl.NCCCCN1C(=O)c2cccc(NC(=O)c3ccc(Cl)s3)c2C1=O.O=C(Cl)c1ccncc1.O=C(NCCCCN1C(=O)c2cccc(NC(=O)c3ccc(Cl)s3)c2C1=O)c1ccncc1.O=C(O)C(F)(F)F. The molecule has 0 bridgehead atoms. The van der Waals surface area contributed by atoms with Crippen molar-refractivity contribution in [3.05, 3.63) is 162 Å². The molecule has 76 heavy (non-hydrogen) atoms. The van der Waals surface area contributed by atoms with Gasteiger partial charge in [0.1, 0.15) is 0 Å². The van der Waals surface area contributed by atoms with Crippen LogP contribution in [0.15, 0.2) is 110 Å². The van der Waals surface area contributed by atoms with Crippen molar-refractivity contribution in [2.24, 2.45) is 5.73 Å². The van der Waals surface area contributed by atoms with E-state index in [4.69, 9.17) is 50.4 Å². The minimum Gasteiger partial charge on any atom is -0.475 e. The summed E-state index contributed by atoms with van der Waals surface area (Å²) in [6, 6.07) is 22.5. The number of hydrogen-bond acceptors (Lipinski definition) is 14. The Kier molecular flexibility index (Phi) is 24.8. The van der Waals surface area contributed by atoms with Gasteiger partial charge >= 0.3 is 12.1 Å². The fourth-order valence-corrected chi connectivity index (χ4v) is 8.62. The normalized spacial score (nSPS) is 11.9. The number of carbonyl (C=O) groups excluding carboxylic acids is 8. The van der Waals surface area contributed by atoms with E-state index >= 15 is 0 Å². The monoisotopic (exact) mass is 1170 g/mol. The van der Waals surface area contributed by atoms with Crippen LogP contribution in [0.25, 0.3) is 0 Å². The Hall–Kier alpha value is -7.12. The van der Waals surface area contributed by atoms with E-state index in [1.807, 2.05) is 0 Å². The number of carbonyl (C=O) groups is 9. The number of carboxylic acids is 1. The molecule has 27 heteroatoms. The minimum atomic E-state index is -5.08. The number of amides is 7. The van der Waals surface area contributed by atoms with Gasteiger partial charge in [-0.3, -0.25) is 58.1 Å². The minimum absolute atomic E-state index is 0. The number of pyridine rings is 2. The van der Waals surface area contributed by atoms with Crippen LogP contribution in [0.5, 0.6) is 0 Å². The first-order valence-corrected chi connectivity index (χ1v) is 24.4. The van der Waals surface area contributed by atoms with Crippen molar-refractivity contribution in [3.8, 4) is 0 Å². The number of nitrogens with one attached hydrogen (secondary N) is 3. The third kappa shape index (κ3) is 17.2. The Morgan fingerprint density at radius 2 is 1.01 bits per heavy atom. The lowest BCUT2D eigenvalue weighted by Gasteiger charge is -2.14. The van der Waals surface area contributed by atoms with Crippen LogP contribution in [0.4, 0.5) is 24.5 Å². The zero-order chi connectivity index (χ0) is 54.1. The number of benzene rings is 2. The summed E-state index contributed by atoms with van der Waals surface area (Å²) in [5.74, 6) is -5.31. The number of aliphatic carboxylic acids is 1. The van der Waals surface area contributed by atoms with E-state index in [9.17, 15) is 51.5 Å². The molecule has 0 saturated heterocycles. The van der Waals surface area contributed by atoms with E-state index in [2.05, 4.69) is 25.9 Å². The molecule has 0 fully saturated rings. The largest absolute Gasteiger partial charge is 0.490 e. The van der Waals surface area contributed by atoms with Gasteiger partial charge in [0.25, 0.3) is 46.6 Å². The Balaban J connectivity index is 0.000000310. The maximum Gasteiger partial charge on any atom is 0.490 e. The first kappa shape index (κ1) is 63.2. The van der Waals surface area contributed by atoms with Crippen LogP contribution in [0.1, 0.15) is 115 Å². The summed E-state index contributed by atoms with van der Waals surface area (Å²) >= 11 is 19.1. The van der Waals surface area contributed by atoms with Crippen molar-refractivity contribution in [2.75, 3.05) is 36.8 Å². The highest BCUT2D eigenvalue weighted by molar-refractivity contribution is 7.18. The molecule has 6 heterocycles. The standard InChI is InChI=1S/C23H19ClN4O4S.C17H16ClN3O3S.C6H4ClNO.C2HF3O2.CH4.ClH/c24-18-7-6-17(33-18)21(30)27-16-5-3-4-15-19(16)23(32)28(22(15)31)13-2-1-10-26-20(29)14-8-11-25-12-9-14;18-13-7-6-12(25-13)15(22)20-11-5-3-4-10-14(11)17(24)21(16(10)23)9-2-1-8-19;7-6(9)5-1-3-8-4-2-5;3-2(4,5)1(6)7;;/h3-9,11-12H,1-2,10,13H2,(H,26,29)(H,27,30);3-7H,1-2,8-9,19H2,(H,20,22);1-4H;(H,6,7);1H4;1H. The number of carboxylic acid groups (broad SMARTS) is 1. The van der Waals surface area contributed by atoms with Crippen LogP contribution < -0.4 is 21.7 Å². The number of rotatable bonds is 15. The van der Waals surface area contributed by atoms with Crippen molar-refractivity contribution in [3.63, 3.8) is 0 Å². The molecule has 0 unspecified atom stereocenters. The lowest BCUT2D eigenvalue weighted by atomic mass is 10.1. The topological polar surface area (TPSA) is 268 Å². The summed E-state index contributed by atoms with van der Waals surface area (Å²) in [6.07, 6.45) is 3.55. The zero-order valence-corrected chi connectivity index (χ0v) is 43.2. The molecule has 0 aliphatic carbocycles. The number of unbranched alkanes of at least 4 members (excludes halogenated alkanes) is 2. The second kappa shape index (κ2) is 29.8. The highest BCUT2D eigenvalue weighted by atomic mass is 35.5. The second-order valence-corrected chi connectivity index (χ2v) is 18.9. The number of anilines is 2. The van der Waals surface area contributed by atoms with Crippen LogP contribution in [-0.2, 0) is 4.79 Å². The average molecular weight is 1170 g/mol. The first-order chi connectivity index (χ1) is 35.2. The molecular weight excluding hydrogens is 1120 g/mol. The molecule has 0 saturated carbocycles. The van der Waals surface area contributed by atoms with Crippen molar-refractivity contribution in [1.82, 2.24) is 25.1 Å². The summed E-state index contributed by atoms with van der Waals surface area (Å²) in [7, 11) is 0. The molecule has 2 aliphatic rings. The van der Waals surface area contributed by atoms with Crippen LogP contribution in [-0.4, -0.2) is 110 Å². The van der Waals surface area contributed by atoms with Gasteiger partial charge in [-0.05, 0) is 117 Å². The van der Waals surface area contributed by atoms with E-state index in [-0.39, 0.29) is 66.5 Å². The molecule has 0 atom stereocenters. The van der Waals surface area contributed by atoms with Crippen molar-refractivity contribution in [1.29, 1.82) is 0 Å². The van der Waals surface area contributed by atoms with Crippen LogP contribution in [0.2, 0.25) is 8.67 Å². The molecule has 6 aromatic rings. The zero-order valence-electron chi connectivity index (χ0n) is 38.5. The molecule has 18 nitrogen and oxygen atoms in total. The van der Waals surface area contributed by atoms with E-state index in [1.54, 1.807) is 97.3 Å². The Labute approximate surface area is 461 Å². The number of hydrogen-bond donors (Lipinski definition) is 5. The van der Waals surface area contributed by atoms with Gasteiger partial charge in [-0.1, -0.05) is 42.8 Å². The predicted molar refractivity (Wildman–Crippen MR) is 284 cm³/mol. The number of fused-ring (bicyclic) bond motifs is 2. The van der Waals surface area contributed by atoms with Gasteiger partial charge < -0.3 is 26.8 Å². The summed E-state index contributed by atoms with van der Waals surface area (Å²) < 4.78 is 32.7. The fraction of sp³-hybridized carbons (Fsp3) is 0.204. The smallest absolute Gasteiger partial charge is 0.475 e. The van der Waals surface area contributed by atoms with E-state index < -0.39 is 41.0 Å². The van der Waals surface area contributed by atoms with Crippen LogP contribution >= 0.6 is 69.9 Å². The average Bonchev–Trinajstić information content (AvgIpc) is 4.14. The number of nitrogens with zero attached hydrogens (tertiary/aromatic N) is 4. The van der Waals surface area contributed by atoms with Gasteiger partial charge in [0.2, 0.25) is 0 Å². The van der Waals surface area contributed by atoms with Crippen molar-refractivity contribution < 1.29 is 61.4 Å². The first-order valence-electron chi connectivity index (χ1n) is 21.6. The lowest BCUT2D eigenvalue weighted by molar-refractivity contribution is -0.192. The molecule has 8 rings (SSSR count). The summed E-state index contributed by atoms with van der Waals surface area (Å²) in [6.45, 7) is 1.45. The number of aromatic nitrogens is 2. The lowest BCUT2D eigenvalue weighted by Crippen LogP contribution is -2.31. The molecular formula is C49H45Cl4F3N8O10S2. The number of nitrogens with two attached hydrogens (primary N) is 1.